The van der Waals surface area contributed by atoms with Crippen LogP contribution in [0.1, 0.15) is 5.69 Å². The van der Waals surface area contributed by atoms with Crippen LogP contribution in [0, 0.1) is 6.92 Å². The van der Waals surface area contributed by atoms with Crippen molar-refractivity contribution >= 4 is 11.1 Å². The first-order valence-electron chi connectivity index (χ1n) is 2.22. The SMILES string of the molecule is Cc1nocc1S(=O)[O-].[Na+]. The molecule has 50 valence electrons. The summed E-state index contributed by atoms with van der Waals surface area (Å²) in [4.78, 5) is 0.120. The first kappa shape index (κ1) is 10.3. The van der Waals surface area contributed by atoms with Gasteiger partial charge in [0.05, 0.1) is 10.6 Å². The Morgan fingerprint density at radius 1 is 1.80 bits per heavy atom. The van der Waals surface area contributed by atoms with Crippen LogP contribution >= 0.6 is 0 Å². The monoisotopic (exact) mass is 169 g/mol. The van der Waals surface area contributed by atoms with Crippen molar-refractivity contribution in [2.24, 2.45) is 0 Å². The first-order chi connectivity index (χ1) is 4.22. The van der Waals surface area contributed by atoms with Crippen molar-refractivity contribution < 1.29 is 42.8 Å². The van der Waals surface area contributed by atoms with Gasteiger partial charge in [-0.3, -0.25) is 4.21 Å². The van der Waals surface area contributed by atoms with Crippen LogP contribution in [0.4, 0.5) is 0 Å². The minimum absolute atomic E-state index is 0. The molecule has 1 heterocycles. The van der Waals surface area contributed by atoms with Gasteiger partial charge in [0.25, 0.3) is 0 Å². The van der Waals surface area contributed by atoms with Gasteiger partial charge in [0.2, 0.25) is 0 Å². The molecule has 0 aromatic carbocycles. The number of aryl methyl sites for hydroxylation is 1. The van der Waals surface area contributed by atoms with Crippen LogP contribution < -0.4 is 29.6 Å². The Kier molecular flexibility index (Phi) is 4.39. The smallest absolute Gasteiger partial charge is 0.768 e. The maximum absolute atomic E-state index is 10.2. The van der Waals surface area contributed by atoms with Gasteiger partial charge in [0.1, 0.15) is 6.26 Å². The molecule has 0 saturated carbocycles. The minimum Gasteiger partial charge on any atom is -0.768 e. The van der Waals surface area contributed by atoms with E-state index in [1.165, 1.54) is 0 Å². The van der Waals surface area contributed by atoms with Crippen LogP contribution in [0.5, 0.6) is 0 Å². The number of hydrogen-bond donors (Lipinski definition) is 0. The Morgan fingerprint density at radius 3 is 2.60 bits per heavy atom. The van der Waals surface area contributed by atoms with E-state index < -0.39 is 11.1 Å². The molecule has 1 aromatic rings. The van der Waals surface area contributed by atoms with E-state index in [-0.39, 0.29) is 34.5 Å². The standard InChI is InChI=1S/C4H5NO3S.Na/c1-3-4(9(6)7)2-8-5-3;/h2H,1H3,(H,6,7);/q;+1/p-1. The Morgan fingerprint density at radius 2 is 2.40 bits per heavy atom. The second kappa shape index (κ2) is 4.25. The van der Waals surface area contributed by atoms with Crippen LogP contribution in [0.3, 0.4) is 0 Å². The molecule has 1 rings (SSSR count). The van der Waals surface area contributed by atoms with Gasteiger partial charge in [-0.05, 0) is 18.0 Å². The zero-order valence-corrected chi connectivity index (χ0v) is 8.47. The second-order valence-electron chi connectivity index (χ2n) is 1.50. The molecule has 0 amide bonds. The summed E-state index contributed by atoms with van der Waals surface area (Å²) in [5.41, 5.74) is 0.392. The van der Waals surface area contributed by atoms with E-state index in [2.05, 4.69) is 9.68 Å². The van der Waals surface area contributed by atoms with E-state index in [0.717, 1.165) is 6.26 Å². The predicted molar refractivity (Wildman–Crippen MR) is 28.4 cm³/mol. The summed E-state index contributed by atoms with van der Waals surface area (Å²) < 4.78 is 24.7. The van der Waals surface area contributed by atoms with Gasteiger partial charge >= 0.3 is 29.6 Å². The van der Waals surface area contributed by atoms with Gasteiger partial charge in [-0.2, -0.15) is 0 Å². The normalized spacial score (nSPS) is 12.2. The molecule has 1 aromatic heterocycles. The Hall–Kier alpha value is 0.320. The number of rotatable bonds is 1. The summed E-state index contributed by atoms with van der Waals surface area (Å²) in [6, 6.07) is 0. The minimum atomic E-state index is -2.22. The molecule has 0 N–H and O–H groups in total. The quantitative estimate of drug-likeness (QED) is 0.337. The van der Waals surface area contributed by atoms with Gasteiger partial charge < -0.3 is 9.08 Å². The van der Waals surface area contributed by atoms with Crippen molar-refractivity contribution in [1.29, 1.82) is 0 Å². The Bertz CT molecular complexity index is 236. The van der Waals surface area contributed by atoms with Gasteiger partial charge in [-0.15, -0.1) is 0 Å². The summed E-state index contributed by atoms with van der Waals surface area (Å²) in [5, 5.41) is 3.37. The molecular formula is C4H4NNaO3S. The van der Waals surface area contributed by atoms with Crippen LogP contribution in [-0.4, -0.2) is 13.9 Å². The van der Waals surface area contributed by atoms with Gasteiger partial charge in [-0.25, -0.2) is 0 Å². The van der Waals surface area contributed by atoms with E-state index in [4.69, 9.17) is 0 Å². The van der Waals surface area contributed by atoms with Crippen molar-refractivity contribution in [3.63, 3.8) is 0 Å². The Labute approximate surface area is 82.6 Å². The van der Waals surface area contributed by atoms with Crippen molar-refractivity contribution in [3.05, 3.63) is 12.0 Å². The third-order valence-corrected chi connectivity index (χ3v) is 1.64. The van der Waals surface area contributed by atoms with Crippen LogP contribution in [0.15, 0.2) is 15.7 Å². The number of aromatic nitrogens is 1. The predicted octanol–water partition coefficient (Wildman–Crippen LogP) is -2.77. The topological polar surface area (TPSA) is 66.2 Å². The first-order valence-corrected chi connectivity index (χ1v) is 3.29. The fraction of sp³-hybridized carbons (Fsp3) is 0.250. The molecule has 0 aliphatic carbocycles. The molecule has 0 bridgehead atoms. The number of nitrogens with zero attached hydrogens (tertiary/aromatic N) is 1. The van der Waals surface area contributed by atoms with Gasteiger partial charge in [-0.1, -0.05) is 5.16 Å². The molecule has 0 fully saturated rings. The third kappa shape index (κ3) is 2.17. The summed E-state index contributed by atoms with van der Waals surface area (Å²) in [6.07, 6.45) is 1.10. The molecule has 0 spiro atoms. The number of hydrogen-bond acceptors (Lipinski definition) is 4. The third-order valence-electron chi connectivity index (χ3n) is 0.886. The molecule has 6 heteroatoms. The fourth-order valence-electron chi connectivity index (χ4n) is 0.443. The summed E-state index contributed by atoms with van der Waals surface area (Å²) in [5.74, 6) is 0. The molecular weight excluding hydrogens is 165 g/mol. The second-order valence-corrected chi connectivity index (χ2v) is 2.41. The van der Waals surface area contributed by atoms with Crippen molar-refractivity contribution in [3.8, 4) is 0 Å². The van der Waals surface area contributed by atoms with Crippen molar-refractivity contribution in [2.45, 2.75) is 11.8 Å². The summed E-state index contributed by atoms with van der Waals surface area (Å²) >= 11 is -2.22. The molecule has 0 radical (unpaired) electrons. The van der Waals surface area contributed by atoms with Crippen molar-refractivity contribution in [1.82, 2.24) is 5.16 Å². The summed E-state index contributed by atoms with van der Waals surface area (Å²) in [6.45, 7) is 1.56. The zero-order valence-electron chi connectivity index (χ0n) is 5.66. The van der Waals surface area contributed by atoms with E-state index in [0.29, 0.717) is 5.69 Å². The Balaban J connectivity index is 0.000000810. The summed E-state index contributed by atoms with van der Waals surface area (Å²) in [7, 11) is 0. The van der Waals surface area contributed by atoms with E-state index in [1.807, 2.05) is 0 Å². The molecule has 0 aliphatic rings. The average molecular weight is 169 g/mol. The maximum Gasteiger partial charge on any atom is 1.00 e. The van der Waals surface area contributed by atoms with Gasteiger partial charge in [0, 0.05) is 0 Å². The zero-order chi connectivity index (χ0) is 6.85. The van der Waals surface area contributed by atoms with Crippen LogP contribution in [0.25, 0.3) is 0 Å². The maximum atomic E-state index is 10.2. The van der Waals surface area contributed by atoms with E-state index >= 15 is 0 Å². The molecule has 1 atom stereocenters. The molecule has 0 aliphatic heterocycles. The fourth-order valence-corrected chi connectivity index (χ4v) is 0.843. The molecule has 4 nitrogen and oxygen atoms in total. The molecule has 0 saturated heterocycles. The van der Waals surface area contributed by atoms with E-state index in [1.54, 1.807) is 6.92 Å². The van der Waals surface area contributed by atoms with E-state index in [9.17, 15) is 8.76 Å². The van der Waals surface area contributed by atoms with Crippen LogP contribution in [-0.2, 0) is 11.1 Å². The van der Waals surface area contributed by atoms with Gasteiger partial charge in [0.15, 0.2) is 0 Å². The van der Waals surface area contributed by atoms with Crippen LogP contribution in [0.2, 0.25) is 0 Å². The molecule has 1 unspecified atom stereocenters. The van der Waals surface area contributed by atoms with Crippen molar-refractivity contribution in [2.75, 3.05) is 0 Å². The molecule has 10 heavy (non-hydrogen) atoms. The largest absolute Gasteiger partial charge is 1.00 e. The average Bonchev–Trinajstić information content (AvgIpc) is 2.13.